The van der Waals surface area contributed by atoms with Crippen LogP contribution in [0.15, 0.2) is 214 Å². The number of carboxylic acids is 3. The molecule has 0 aliphatic carbocycles. The predicted molar refractivity (Wildman–Crippen MR) is 395 cm³/mol. The van der Waals surface area contributed by atoms with Crippen molar-refractivity contribution in [1.29, 1.82) is 0 Å². The summed E-state index contributed by atoms with van der Waals surface area (Å²) in [4.78, 5) is 40.6. The van der Waals surface area contributed by atoms with E-state index in [4.69, 9.17) is 14.2 Å². The van der Waals surface area contributed by atoms with Gasteiger partial charge in [0.25, 0.3) is 0 Å². The molecule has 18 nitrogen and oxygen atoms in total. The molecule has 0 radical (unpaired) electrons. The highest BCUT2D eigenvalue weighted by Gasteiger charge is 2.29. The second-order valence-corrected chi connectivity index (χ2v) is 27.6. The number of rotatable bonds is 15. The molecule has 0 saturated carbocycles. The SMILES string of the molecule is C.C.C.C.CC(C)(C)c1ccc(C(Oc2ccc(Br)cc2-n2nc3ccccc3n2)C(=O)O)cc1.CC(C)(C)c1ccc(C(Oc2ccc(Br)cc2-n2nc3ccccc3n2)C(=O)O)cc1.CC(C)(C)c1ccc(C(Oc2ccc(Br)cc2-n2nc3ccccc3n2)C(=O)O)cc1. The Balaban J connectivity index is 0.000000225. The van der Waals surface area contributed by atoms with Crippen molar-refractivity contribution in [2.75, 3.05) is 0 Å². The lowest BCUT2D eigenvalue weighted by atomic mass is 9.86. The number of ether oxygens (including phenoxy) is 3. The lowest BCUT2D eigenvalue weighted by molar-refractivity contribution is -0.146. The van der Waals surface area contributed by atoms with E-state index in [0.717, 1.165) is 63.2 Å². The zero-order valence-corrected chi connectivity index (χ0v) is 57.0. The molecule has 9 aromatic carbocycles. The van der Waals surface area contributed by atoms with E-state index in [1.807, 2.05) is 109 Å². The largest absolute Gasteiger partial charge is 0.478 e. The summed E-state index contributed by atoms with van der Waals surface area (Å²) in [5.74, 6) is -2.11. The average Bonchev–Trinajstić information content (AvgIpc) is 1.76. The number of halogens is 3. The summed E-state index contributed by atoms with van der Waals surface area (Å²) in [5, 5.41) is 56.7. The van der Waals surface area contributed by atoms with E-state index in [2.05, 4.69) is 141 Å². The number of carboxylic acid groups (broad SMARTS) is 3. The molecule has 0 amide bonds. The van der Waals surface area contributed by atoms with Gasteiger partial charge in [-0.1, -0.05) is 249 Å². The van der Waals surface area contributed by atoms with Crippen molar-refractivity contribution in [2.24, 2.45) is 0 Å². The minimum absolute atomic E-state index is 0. The molecule has 3 heterocycles. The molecule has 21 heteroatoms. The maximum absolute atomic E-state index is 12.1. The number of nitrogens with zero attached hydrogens (tertiary/aromatic N) is 9. The summed E-state index contributed by atoms with van der Waals surface area (Å²) in [5.41, 5.74) is 11.0. The monoisotopic (exact) mass is 1500 g/mol. The molecule has 506 valence electrons. The van der Waals surface area contributed by atoms with Crippen LogP contribution >= 0.6 is 47.8 Å². The maximum atomic E-state index is 12.1. The van der Waals surface area contributed by atoms with Crippen molar-refractivity contribution in [3.63, 3.8) is 0 Å². The average molecular weight is 1510 g/mol. The van der Waals surface area contributed by atoms with Crippen LogP contribution in [-0.4, -0.2) is 78.2 Å². The van der Waals surface area contributed by atoms with Gasteiger partial charge in [0.15, 0.2) is 0 Å². The summed E-state index contributed by atoms with van der Waals surface area (Å²) in [6, 6.07) is 61.0. The van der Waals surface area contributed by atoms with Crippen LogP contribution in [0.2, 0.25) is 0 Å². The molecule has 97 heavy (non-hydrogen) atoms. The fourth-order valence-corrected chi connectivity index (χ4v) is 10.8. The standard InChI is InChI=1S/3C24H22BrN3O3.4CH4/c3*1-24(2,3)16-10-8-15(9-11-16)22(23(29)30)31-21-13-12-17(25)14-20(21)28-26-18-6-4-5-7-19(18)27-28;;;;/h3*4-14,22H,1-3H3,(H,29,30);4*1H4. The third-order valence-corrected chi connectivity index (χ3v) is 16.4. The lowest BCUT2D eigenvalue weighted by Crippen LogP contribution is -2.20. The molecular formula is C76H82Br3N9O9. The van der Waals surface area contributed by atoms with Gasteiger partial charge in [-0.15, -0.1) is 45.0 Å². The number of aromatic nitrogens is 9. The predicted octanol–water partition coefficient (Wildman–Crippen LogP) is 19.6. The molecule has 12 aromatic rings. The second-order valence-electron chi connectivity index (χ2n) is 24.9. The first-order valence-electron chi connectivity index (χ1n) is 29.5. The minimum Gasteiger partial charge on any atom is -0.478 e. The Labute approximate surface area is 591 Å². The maximum Gasteiger partial charge on any atom is 0.349 e. The summed E-state index contributed by atoms with van der Waals surface area (Å²) < 4.78 is 20.4. The molecule has 3 unspecified atom stereocenters. The van der Waals surface area contributed by atoms with Crippen molar-refractivity contribution < 1.29 is 43.9 Å². The molecule has 0 aliphatic rings. The lowest BCUT2D eigenvalue weighted by Gasteiger charge is -2.21. The molecule has 0 saturated heterocycles. The van der Waals surface area contributed by atoms with Crippen LogP contribution in [0.5, 0.6) is 17.2 Å². The number of hydrogen-bond acceptors (Lipinski definition) is 12. The Bertz CT molecular complexity index is 4100. The Hall–Kier alpha value is -9.57. The quantitative estimate of drug-likeness (QED) is 0.0866. The van der Waals surface area contributed by atoms with Gasteiger partial charge in [0.05, 0.1) is 0 Å². The number of aliphatic carboxylic acids is 3. The second kappa shape index (κ2) is 32.0. The van der Waals surface area contributed by atoms with E-state index in [9.17, 15) is 29.7 Å². The normalized spacial score (nSPS) is 12.1. The van der Waals surface area contributed by atoms with Crippen molar-refractivity contribution in [1.82, 2.24) is 45.0 Å². The van der Waals surface area contributed by atoms with E-state index in [1.54, 1.807) is 91.0 Å². The van der Waals surface area contributed by atoms with Gasteiger partial charge in [0.2, 0.25) is 18.3 Å². The van der Waals surface area contributed by atoms with E-state index in [0.29, 0.717) is 51.0 Å². The smallest absolute Gasteiger partial charge is 0.349 e. The van der Waals surface area contributed by atoms with Crippen LogP contribution in [-0.2, 0) is 30.6 Å². The van der Waals surface area contributed by atoms with Gasteiger partial charge in [-0.25, -0.2) is 14.4 Å². The van der Waals surface area contributed by atoms with Crippen LogP contribution in [0.4, 0.5) is 0 Å². The molecule has 0 spiro atoms. The van der Waals surface area contributed by atoms with Gasteiger partial charge >= 0.3 is 17.9 Å². The summed E-state index contributed by atoms with van der Waals surface area (Å²) in [7, 11) is 0. The van der Waals surface area contributed by atoms with Gasteiger partial charge in [0, 0.05) is 30.1 Å². The van der Waals surface area contributed by atoms with Crippen LogP contribution in [0, 0.1) is 0 Å². The highest BCUT2D eigenvalue weighted by atomic mass is 79.9. The zero-order chi connectivity index (χ0) is 66.5. The first kappa shape index (κ1) is 76.4. The fourth-order valence-electron chi connectivity index (χ4n) is 9.78. The summed E-state index contributed by atoms with van der Waals surface area (Å²) in [6.07, 6.45) is -3.50. The van der Waals surface area contributed by atoms with Crippen LogP contribution in [0.25, 0.3) is 50.2 Å². The molecule has 0 bridgehead atoms. The van der Waals surface area contributed by atoms with Gasteiger partial charge in [-0.2, -0.15) is 0 Å². The molecule has 12 rings (SSSR count). The molecule has 0 aliphatic heterocycles. The van der Waals surface area contributed by atoms with E-state index >= 15 is 0 Å². The Morgan fingerprint density at radius 2 is 0.526 bits per heavy atom. The Kier molecular flexibility index (Phi) is 25.2. The first-order valence-corrected chi connectivity index (χ1v) is 31.9. The van der Waals surface area contributed by atoms with E-state index in [1.165, 1.54) is 14.4 Å². The molecule has 3 atom stereocenters. The Morgan fingerprint density at radius 3 is 0.701 bits per heavy atom. The zero-order valence-electron chi connectivity index (χ0n) is 52.2. The van der Waals surface area contributed by atoms with Crippen LogP contribution in [0.3, 0.4) is 0 Å². The van der Waals surface area contributed by atoms with Crippen LogP contribution < -0.4 is 14.2 Å². The van der Waals surface area contributed by atoms with Gasteiger partial charge in [-0.05, 0) is 124 Å². The van der Waals surface area contributed by atoms with Crippen molar-refractivity contribution >= 4 is 98.8 Å². The molecule has 3 N–H and O–H groups in total. The summed E-state index contributed by atoms with van der Waals surface area (Å²) in [6.45, 7) is 19.0. The van der Waals surface area contributed by atoms with E-state index in [-0.39, 0.29) is 46.0 Å². The minimum atomic E-state index is -1.17. The molecular weight excluding hydrogens is 1420 g/mol. The first-order chi connectivity index (χ1) is 44.2. The van der Waals surface area contributed by atoms with Crippen molar-refractivity contribution in [3.05, 3.63) is 247 Å². The highest BCUT2D eigenvalue weighted by molar-refractivity contribution is 9.11. The van der Waals surface area contributed by atoms with Crippen LogP contribution in [0.1, 0.15) is 144 Å². The van der Waals surface area contributed by atoms with Gasteiger partial charge < -0.3 is 29.5 Å². The fraction of sp³-hybridized carbons (Fsp3) is 0.250. The topological polar surface area (TPSA) is 232 Å². The molecule has 0 fully saturated rings. The third kappa shape index (κ3) is 18.5. The number of fused-ring (bicyclic) bond motifs is 3. The van der Waals surface area contributed by atoms with Crippen molar-refractivity contribution in [2.45, 2.75) is 127 Å². The van der Waals surface area contributed by atoms with Crippen molar-refractivity contribution in [3.8, 4) is 34.3 Å². The van der Waals surface area contributed by atoms with E-state index < -0.39 is 36.2 Å². The molecule has 3 aromatic heterocycles. The number of hydrogen-bond donors (Lipinski definition) is 3. The Morgan fingerprint density at radius 1 is 0.330 bits per heavy atom. The number of benzene rings is 9. The third-order valence-electron chi connectivity index (χ3n) is 14.9. The summed E-state index contributed by atoms with van der Waals surface area (Å²) >= 11 is 10.4. The van der Waals surface area contributed by atoms with Gasteiger partial charge in [-0.3, -0.25) is 0 Å². The highest BCUT2D eigenvalue weighted by Crippen LogP contribution is 2.36. The number of carbonyl (C=O) groups is 3. The van der Waals surface area contributed by atoms with Gasteiger partial charge in [0.1, 0.15) is 67.4 Å².